The molecule has 74 valence electrons. The lowest BCUT2D eigenvalue weighted by atomic mass is 10.1. The molecular weight excluding hydrogens is 267 g/mol. The van der Waals surface area contributed by atoms with Gasteiger partial charge >= 0.3 is 5.97 Å². The van der Waals surface area contributed by atoms with Gasteiger partial charge in [0, 0.05) is 10.5 Å². The molecule has 0 saturated carbocycles. The summed E-state index contributed by atoms with van der Waals surface area (Å²) in [6, 6.07) is 3.70. The maximum Gasteiger partial charge on any atom is 0.328 e. The Morgan fingerprint density at radius 1 is 1.57 bits per heavy atom. The zero-order chi connectivity index (χ0) is 10.7. The molecule has 0 amide bonds. The van der Waals surface area contributed by atoms with Crippen molar-refractivity contribution in [3.8, 4) is 0 Å². The van der Waals surface area contributed by atoms with E-state index in [0.717, 1.165) is 21.7 Å². The predicted octanol–water partition coefficient (Wildman–Crippen LogP) is 3.51. The molecular formula is C10H8BrClO2. The SMILES string of the molecule is Cc1ccc(Br)c(Cl)c1/C=C/C(=O)O. The number of aryl methyl sites for hydroxylation is 1. The molecule has 0 radical (unpaired) electrons. The Morgan fingerprint density at radius 2 is 2.21 bits per heavy atom. The molecule has 0 saturated heterocycles. The quantitative estimate of drug-likeness (QED) is 0.839. The van der Waals surface area contributed by atoms with Crippen LogP contribution in [0.25, 0.3) is 6.08 Å². The van der Waals surface area contributed by atoms with Crippen LogP contribution in [0.15, 0.2) is 22.7 Å². The third-order valence-corrected chi connectivity index (χ3v) is 3.04. The smallest absolute Gasteiger partial charge is 0.328 e. The molecule has 0 aromatic heterocycles. The molecule has 1 N–H and O–H groups in total. The van der Waals surface area contributed by atoms with E-state index in [-0.39, 0.29) is 0 Å². The molecule has 0 heterocycles. The van der Waals surface area contributed by atoms with Crippen LogP contribution in [0.3, 0.4) is 0 Å². The summed E-state index contributed by atoms with van der Waals surface area (Å²) in [4.78, 5) is 10.3. The first kappa shape index (κ1) is 11.3. The number of rotatable bonds is 2. The fourth-order valence-electron chi connectivity index (χ4n) is 1.02. The van der Waals surface area contributed by atoms with Gasteiger partial charge in [-0.15, -0.1) is 0 Å². The molecule has 0 aliphatic heterocycles. The maximum atomic E-state index is 10.3. The van der Waals surface area contributed by atoms with Gasteiger partial charge in [0.1, 0.15) is 0 Å². The number of benzene rings is 1. The van der Waals surface area contributed by atoms with Gasteiger partial charge in [-0.05, 0) is 46.1 Å². The second-order valence-electron chi connectivity index (χ2n) is 2.76. The topological polar surface area (TPSA) is 37.3 Å². The Labute approximate surface area is 95.3 Å². The summed E-state index contributed by atoms with van der Waals surface area (Å²) >= 11 is 9.26. The lowest BCUT2D eigenvalue weighted by molar-refractivity contribution is -0.131. The minimum atomic E-state index is -0.986. The second-order valence-corrected chi connectivity index (χ2v) is 4.00. The third-order valence-electron chi connectivity index (χ3n) is 1.74. The second kappa shape index (κ2) is 4.62. The molecule has 14 heavy (non-hydrogen) atoms. The Balaban J connectivity index is 3.19. The van der Waals surface area contributed by atoms with E-state index >= 15 is 0 Å². The zero-order valence-electron chi connectivity index (χ0n) is 7.42. The van der Waals surface area contributed by atoms with Gasteiger partial charge in [-0.1, -0.05) is 17.7 Å². The van der Waals surface area contributed by atoms with Gasteiger partial charge < -0.3 is 5.11 Å². The molecule has 0 unspecified atom stereocenters. The molecule has 0 atom stereocenters. The van der Waals surface area contributed by atoms with E-state index in [1.807, 2.05) is 19.1 Å². The minimum absolute atomic E-state index is 0.530. The third kappa shape index (κ3) is 2.59. The number of carboxylic acid groups (broad SMARTS) is 1. The van der Waals surface area contributed by atoms with Crippen molar-refractivity contribution in [2.24, 2.45) is 0 Å². The number of hydrogen-bond acceptors (Lipinski definition) is 1. The summed E-state index contributed by atoms with van der Waals surface area (Å²) in [5, 5.41) is 9.01. The Morgan fingerprint density at radius 3 is 2.79 bits per heavy atom. The first-order valence-electron chi connectivity index (χ1n) is 3.88. The summed E-state index contributed by atoms with van der Waals surface area (Å²) in [7, 11) is 0. The van der Waals surface area contributed by atoms with E-state index in [2.05, 4.69) is 15.9 Å². The molecule has 1 aromatic carbocycles. The standard InChI is InChI=1S/C10H8BrClO2/c1-6-2-4-8(11)10(12)7(6)3-5-9(13)14/h2-5H,1H3,(H,13,14)/b5-3+. The van der Waals surface area contributed by atoms with Crippen molar-refractivity contribution in [1.29, 1.82) is 0 Å². The van der Waals surface area contributed by atoms with E-state index < -0.39 is 5.97 Å². The molecule has 4 heteroatoms. The fraction of sp³-hybridized carbons (Fsp3) is 0.100. The predicted molar refractivity (Wildman–Crippen MR) is 60.6 cm³/mol. The van der Waals surface area contributed by atoms with E-state index in [1.54, 1.807) is 0 Å². The number of carboxylic acids is 1. The van der Waals surface area contributed by atoms with Crippen LogP contribution in [0.4, 0.5) is 0 Å². The molecule has 0 bridgehead atoms. The summed E-state index contributed by atoms with van der Waals surface area (Å²) in [5.41, 5.74) is 1.67. The summed E-state index contributed by atoms with van der Waals surface area (Å²) in [6.45, 7) is 1.87. The van der Waals surface area contributed by atoms with Gasteiger partial charge in [-0.2, -0.15) is 0 Å². The van der Waals surface area contributed by atoms with Crippen molar-refractivity contribution in [3.05, 3.63) is 38.8 Å². The van der Waals surface area contributed by atoms with Crippen molar-refractivity contribution in [1.82, 2.24) is 0 Å². The highest BCUT2D eigenvalue weighted by Crippen LogP contribution is 2.29. The monoisotopic (exact) mass is 274 g/mol. The number of hydrogen-bond donors (Lipinski definition) is 1. The van der Waals surface area contributed by atoms with Gasteiger partial charge in [0.2, 0.25) is 0 Å². The van der Waals surface area contributed by atoms with Gasteiger partial charge in [-0.25, -0.2) is 4.79 Å². The van der Waals surface area contributed by atoms with E-state index in [9.17, 15) is 4.79 Å². The summed E-state index contributed by atoms with van der Waals surface area (Å²) < 4.78 is 0.759. The first-order valence-corrected chi connectivity index (χ1v) is 5.05. The van der Waals surface area contributed by atoms with E-state index in [4.69, 9.17) is 16.7 Å². The van der Waals surface area contributed by atoms with Gasteiger partial charge in [0.25, 0.3) is 0 Å². The molecule has 0 aliphatic carbocycles. The van der Waals surface area contributed by atoms with Crippen molar-refractivity contribution >= 4 is 39.6 Å². The Kier molecular flexibility index (Phi) is 3.72. The Hall–Kier alpha value is -0.800. The highest BCUT2D eigenvalue weighted by molar-refractivity contribution is 9.10. The van der Waals surface area contributed by atoms with Crippen LogP contribution < -0.4 is 0 Å². The number of halogens is 2. The van der Waals surface area contributed by atoms with Gasteiger partial charge in [0.05, 0.1) is 5.02 Å². The molecule has 0 spiro atoms. The van der Waals surface area contributed by atoms with Crippen LogP contribution >= 0.6 is 27.5 Å². The van der Waals surface area contributed by atoms with Gasteiger partial charge in [0.15, 0.2) is 0 Å². The molecule has 1 rings (SSSR count). The van der Waals surface area contributed by atoms with Crippen LogP contribution in [-0.2, 0) is 4.79 Å². The maximum absolute atomic E-state index is 10.3. The molecule has 1 aromatic rings. The van der Waals surface area contributed by atoms with Crippen LogP contribution in [0.2, 0.25) is 5.02 Å². The van der Waals surface area contributed by atoms with Crippen LogP contribution in [0.5, 0.6) is 0 Å². The molecule has 2 nitrogen and oxygen atoms in total. The van der Waals surface area contributed by atoms with Crippen molar-refractivity contribution < 1.29 is 9.90 Å². The highest BCUT2D eigenvalue weighted by atomic mass is 79.9. The van der Waals surface area contributed by atoms with Crippen LogP contribution in [-0.4, -0.2) is 11.1 Å². The number of carbonyl (C=O) groups is 1. The average Bonchev–Trinajstić information content (AvgIpc) is 2.11. The molecule has 0 fully saturated rings. The largest absolute Gasteiger partial charge is 0.478 e. The average molecular weight is 276 g/mol. The Bertz CT molecular complexity index is 399. The lowest BCUT2D eigenvalue weighted by Gasteiger charge is -2.04. The molecule has 0 aliphatic rings. The normalized spacial score (nSPS) is 10.8. The van der Waals surface area contributed by atoms with Crippen molar-refractivity contribution in [2.75, 3.05) is 0 Å². The zero-order valence-corrected chi connectivity index (χ0v) is 9.76. The van der Waals surface area contributed by atoms with Crippen LogP contribution in [0.1, 0.15) is 11.1 Å². The van der Waals surface area contributed by atoms with Gasteiger partial charge in [-0.3, -0.25) is 0 Å². The lowest BCUT2D eigenvalue weighted by Crippen LogP contribution is -1.88. The van der Waals surface area contributed by atoms with Crippen molar-refractivity contribution in [3.63, 3.8) is 0 Å². The number of aliphatic carboxylic acids is 1. The van der Waals surface area contributed by atoms with E-state index in [1.165, 1.54) is 6.08 Å². The summed E-state index contributed by atoms with van der Waals surface area (Å²) in [6.07, 6.45) is 2.56. The van der Waals surface area contributed by atoms with E-state index in [0.29, 0.717) is 5.02 Å². The van der Waals surface area contributed by atoms with Crippen LogP contribution in [0, 0.1) is 6.92 Å². The summed E-state index contributed by atoms with van der Waals surface area (Å²) in [5.74, 6) is -0.986. The highest BCUT2D eigenvalue weighted by Gasteiger charge is 2.04. The van der Waals surface area contributed by atoms with Crippen molar-refractivity contribution in [2.45, 2.75) is 6.92 Å². The minimum Gasteiger partial charge on any atom is -0.478 e. The fourth-order valence-corrected chi connectivity index (χ4v) is 1.64. The first-order chi connectivity index (χ1) is 6.52.